The van der Waals surface area contributed by atoms with Crippen LogP contribution in [0.2, 0.25) is 0 Å². The quantitative estimate of drug-likeness (QED) is 0.211. The Morgan fingerprint density at radius 3 is 2.42 bits per heavy atom. The highest BCUT2D eigenvalue weighted by Gasteiger charge is 2.49. The maximum atomic E-state index is 13.5. The molecule has 2 aromatic rings. The Bertz CT molecular complexity index is 1350. The van der Waals surface area contributed by atoms with Crippen LogP contribution in [0.4, 0.5) is 18.9 Å². The van der Waals surface area contributed by atoms with E-state index in [1.54, 1.807) is 43.0 Å². The van der Waals surface area contributed by atoms with Gasteiger partial charge in [0.1, 0.15) is 5.54 Å². The Hall–Kier alpha value is -4.28. The van der Waals surface area contributed by atoms with Crippen molar-refractivity contribution < 1.29 is 32.8 Å². The summed E-state index contributed by atoms with van der Waals surface area (Å²) in [6.45, 7) is 3.38. The van der Waals surface area contributed by atoms with Gasteiger partial charge in [-0.05, 0) is 62.0 Å². The molecule has 198 valence electrons. The third-order valence-corrected chi connectivity index (χ3v) is 6.23. The van der Waals surface area contributed by atoms with Gasteiger partial charge >= 0.3 is 6.18 Å². The van der Waals surface area contributed by atoms with Crippen LogP contribution >= 0.6 is 12.2 Å². The average Bonchev–Trinajstić information content (AvgIpc) is 3.04. The predicted octanol–water partition coefficient (Wildman–Crippen LogP) is 3.28. The molecule has 9 nitrogen and oxygen atoms in total. The number of halogens is 3. The van der Waals surface area contributed by atoms with Gasteiger partial charge < -0.3 is 10.2 Å². The molecule has 2 aromatic carbocycles. The number of hydrogen-bond donors (Lipinski definition) is 3. The summed E-state index contributed by atoms with van der Waals surface area (Å²) in [4.78, 5) is 39.0. The summed E-state index contributed by atoms with van der Waals surface area (Å²) in [6.07, 6.45) is -2.39. The van der Waals surface area contributed by atoms with Gasteiger partial charge in [-0.3, -0.25) is 24.5 Å². The summed E-state index contributed by atoms with van der Waals surface area (Å²) in [7, 11) is 0. The number of anilines is 1. The Balaban J connectivity index is 1.78. The summed E-state index contributed by atoms with van der Waals surface area (Å²) in [5, 5.41) is 20.0. The highest BCUT2D eigenvalue weighted by molar-refractivity contribution is 7.80. The molecule has 1 heterocycles. The van der Waals surface area contributed by atoms with Crippen LogP contribution in [0.3, 0.4) is 0 Å². The van der Waals surface area contributed by atoms with Gasteiger partial charge in [0.25, 0.3) is 17.7 Å². The molecule has 38 heavy (non-hydrogen) atoms. The fraction of sp³-hybridized carbons (Fsp3) is 0.240. The molecule has 3 amide bonds. The summed E-state index contributed by atoms with van der Waals surface area (Å²) in [6, 6.07) is 10.9. The predicted molar refractivity (Wildman–Crippen MR) is 134 cm³/mol. The molecule has 3 N–H and O–H groups in total. The first-order chi connectivity index (χ1) is 17.8. The molecule has 0 unspecified atom stereocenters. The molecule has 3 rings (SSSR count). The number of carbonyl (C=O) groups excluding carboxylic acids is 3. The number of alkyl halides is 3. The molecule has 1 saturated heterocycles. The number of nitrogens with zero attached hydrogens (tertiary/aromatic N) is 3. The van der Waals surface area contributed by atoms with Gasteiger partial charge in [0.05, 0.1) is 22.9 Å². The number of nitrogens with one attached hydrogen (secondary N) is 2. The van der Waals surface area contributed by atoms with E-state index < -0.39 is 40.6 Å². The van der Waals surface area contributed by atoms with Gasteiger partial charge in [0, 0.05) is 24.7 Å². The molecule has 0 atom stereocenters. The number of hydroxylamine groups is 1. The number of thiocarbonyl (C=S) groups is 1. The van der Waals surface area contributed by atoms with Gasteiger partial charge in [0.15, 0.2) is 5.11 Å². The zero-order valence-corrected chi connectivity index (χ0v) is 21.0. The smallest absolute Gasteiger partial charge is 0.349 e. The van der Waals surface area contributed by atoms with Gasteiger partial charge in [0.2, 0.25) is 0 Å². The van der Waals surface area contributed by atoms with Crippen LogP contribution in [-0.4, -0.2) is 45.0 Å². The van der Waals surface area contributed by atoms with E-state index in [-0.39, 0.29) is 23.9 Å². The molecule has 1 aliphatic rings. The zero-order valence-electron chi connectivity index (χ0n) is 20.2. The van der Waals surface area contributed by atoms with Crippen LogP contribution in [0.25, 0.3) is 0 Å². The maximum Gasteiger partial charge on any atom is 0.417 e. The largest absolute Gasteiger partial charge is 0.417 e. The third kappa shape index (κ3) is 5.82. The minimum atomic E-state index is -4.79. The van der Waals surface area contributed by atoms with E-state index in [2.05, 4.69) is 5.32 Å². The van der Waals surface area contributed by atoms with E-state index in [4.69, 9.17) is 22.7 Å². The van der Waals surface area contributed by atoms with Crippen molar-refractivity contribution in [2.45, 2.75) is 32.1 Å². The highest BCUT2D eigenvalue weighted by atomic mass is 32.1. The van der Waals surface area contributed by atoms with Crippen molar-refractivity contribution >= 4 is 40.7 Å². The van der Waals surface area contributed by atoms with Gasteiger partial charge in [-0.15, -0.1) is 0 Å². The lowest BCUT2D eigenvalue weighted by Crippen LogP contribution is -2.43. The molecule has 1 fully saturated rings. The lowest BCUT2D eigenvalue weighted by atomic mass is 10.0. The first kappa shape index (κ1) is 28.3. The van der Waals surface area contributed by atoms with Crippen molar-refractivity contribution in [1.82, 2.24) is 15.7 Å². The number of nitriles is 1. The lowest BCUT2D eigenvalue weighted by molar-refractivity contribution is -0.137. The molecular formula is C25H22F3N5O4S. The Labute approximate surface area is 221 Å². The standard InChI is InChI=1S/C25H22F3N5O4S/c1-24(2)22(36)33(18-10-9-17(13-29)19(12-18)25(26,27)28)23(38)32(24)14-15-5-7-16(8-6-15)21(35)30-11-3-4-20(34)31-37/h3-10,12,37H,11,14H2,1-2H3,(H,30,35)(H,31,34)/b4-3+. The van der Waals surface area contributed by atoms with E-state index in [0.717, 1.165) is 23.1 Å². The summed E-state index contributed by atoms with van der Waals surface area (Å²) >= 11 is 5.49. The van der Waals surface area contributed by atoms with Crippen molar-refractivity contribution in [2.24, 2.45) is 0 Å². The van der Waals surface area contributed by atoms with E-state index >= 15 is 0 Å². The van der Waals surface area contributed by atoms with Crippen molar-refractivity contribution in [2.75, 3.05) is 11.4 Å². The number of hydrogen-bond acceptors (Lipinski definition) is 6. The molecule has 0 radical (unpaired) electrons. The van der Waals surface area contributed by atoms with Crippen LogP contribution in [0, 0.1) is 11.3 Å². The van der Waals surface area contributed by atoms with E-state index in [9.17, 15) is 27.6 Å². The second-order valence-corrected chi connectivity index (χ2v) is 9.06. The molecule has 0 bridgehead atoms. The number of benzene rings is 2. The van der Waals surface area contributed by atoms with E-state index in [1.807, 2.05) is 0 Å². The molecular weight excluding hydrogens is 523 g/mol. The van der Waals surface area contributed by atoms with Gasteiger partial charge in [-0.2, -0.15) is 18.4 Å². The summed E-state index contributed by atoms with van der Waals surface area (Å²) in [5.74, 6) is -1.67. The minimum absolute atomic E-state index is 0.00152. The molecule has 0 spiro atoms. The molecule has 1 aliphatic heterocycles. The monoisotopic (exact) mass is 545 g/mol. The first-order valence-corrected chi connectivity index (χ1v) is 11.5. The van der Waals surface area contributed by atoms with Crippen molar-refractivity contribution in [3.8, 4) is 6.07 Å². The van der Waals surface area contributed by atoms with Crippen molar-refractivity contribution in [3.63, 3.8) is 0 Å². The van der Waals surface area contributed by atoms with Crippen LogP contribution < -0.4 is 15.7 Å². The summed E-state index contributed by atoms with van der Waals surface area (Å²) in [5.41, 5.74) is -0.579. The van der Waals surface area contributed by atoms with Gasteiger partial charge in [-0.1, -0.05) is 18.2 Å². The minimum Gasteiger partial charge on any atom is -0.349 e. The SMILES string of the molecule is CC1(C)C(=O)N(c2ccc(C#N)c(C(F)(F)F)c2)C(=S)N1Cc1ccc(C(=O)NC/C=C/C(=O)NO)cc1. The number of carbonyl (C=O) groups is 3. The average molecular weight is 546 g/mol. The third-order valence-electron chi connectivity index (χ3n) is 5.83. The number of rotatable bonds is 7. The topological polar surface area (TPSA) is 126 Å². The molecule has 0 aromatic heterocycles. The normalized spacial score (nSPS) is 15.1. The van der Waals surface area contributed by atoms with Crippen molar-refractivity contribution in [3.05, 3.63) is 76.9 Å². The molecule has 0 aliphatic carbocycles. The fourth-order valence-electron chi connectivity index (χ4n) is 3.73. The van der Waals surface area contributed by atoms with Crippen molar-refractivity contribution in [1.29, 1.82) is 5.26 Å². The van der Waals surface area contributed by atoms with Crippen LogP contribution in [0.15, 0.2) is 54.6 Å². The Kier molecular flexibility index (Phi) is 8.19. The molecule has 13 heteroatoms. The second kappa shape index (κ2) is 11.0. The van der Waals surface area contributed by atoms with Crippen LogP contribution in [-0.2, 0) is 22.3 Å². The second-order valence-electron chi connectivity index (χ2n) is 8.69. The van der Waals surface area contributed by atoms with Gasteiger partial charge in [-0.25, -0.2) is 5.48 Å². The Morgan fingerprint density at radius 1 is 1.18 bits per heavy atom. The zero-order chi connectivity index (χ0) is 28.3. The maximum absolute atomic E-state index is 13.5. The molecule has 0 saturated carbocycles. The summed E-state index contributed by atoms with van der Waals surface area (Å²) < 4.78 is 40.4. The van der Waals surface area contributed by atoms with E-state index in [0.29, 0.717) is 11.1 Å². The lowest BCUT2D eigenvalue weighted by Gasteiger charge is -2.29. The Morgan fingerprint density at radius 2 is 1.84 bits per heavy atom. The highest BCUT2D eigenvalue weighted by Crippen LogP contribution is 2.38. The van der Waals surface area contributed by atoms with Crippen LogP contribution in [0.5, 0.6) is 0 Å². The first-order valence-electron chi connectivity index (χ1n) is 11.1. The number of amides is 3. The van der Waals surface area contributed by atoms with Crippen LogP contribution in [0.1, 0.15) is 40.9 Å². The van der Waals surface area contributed by atoms with E-state index in [1.165, 1.54) is 23.7 Å². The fourth-order valence-corrected chi connectivity index (χ4v) is 4.21.